The molecule has 0 spiro atoms. The van der Waals surface area contributed by atoms with Gasteiger partial charge < -0.3 is 5.32 Å². The van der Waals surface area contributed by atoms with Gasteiger partial charge in [0.1, 0.15) is 5.82 Å². The van der Waals surface area contributed by atoms with Gasteiger partial charge in [0.2, 0.25) is 10.4 Å². The van der Waals surface area contributed by atoms with E-state index in [0.29, 0.717) is 11.8 Å². The number of alkyl halides is 2. The van der Waals surface area contributed by atoms with Crippen LogP contribution in [0.1, 0.15) is 18.3 Å². The Morgan fingerprint density at radius 3 is 2.53 bits per heavy atom. The lowest BCUT2D eigenvalue weighted by atomic mass is 10.0. The zero-order valence-electron chi connectivity index (χ0n) is 10.5. The van der Waals surface area contributed by atoms with E-state index < -0.39 is 4.46 Å². The molecule has 98 valence electrons. The molecular weight excluding hydrogens is 283 g/mol. The molecule has 0 fully saturated rings. The van der Waals surface area contributed by atoms with Crippen molar-refractivity contribution >= 4 is 40.4 Å². The number of allylic oxidation sites excluding steroid dienone is 1. The SMILES string of the molecule is CC1=C(c2ccccc2)C(Cl)(Cl)Nc2nc(C)nn21. The monoisotopic (exact) mass is 294 g/mol. The van der Waals surface area contributed by atoms with Crippen molar-refractivity contribution in [3.63, 3.8) is 0 Å². The van der Waals surface area contributed by atoms with Crippen LogP contribution in [-0.4, -0.2) is 19.2 Å². The Hall–Kier alpha value is -1.52. The molecule has 0 bridgehead atoms. The number of rotatable bonds is 1. The number of hydrogen-bond donors (Lipinski definition) is 1. The van der Waals surface area contributed by atoms with Gasteiger partial charge in [0.15, 0.2) is 0 Å². The molecule has 0 saturated heterocycles. The average molecular weight is 295 g/mol. The van der Waals surface area contributed by atoms with Crippen LogP contribution in [-0.2, 0) is 0 Å². The van der Waals surface area contributed by atoms with Crippen LogP contribution in [0.4, 0.5) is 5.95 Å². The Kier molecular flexibility index (Phi) is 2.80. The van der Waals surface area contributed by atoms with Gasteiger partial charge in [-0.15, -0.1) is 0 Å². The first kappa shape index (κ1) is 12.5. The fourth-order valence-electron chi connectivity index (χ4n) is 2.26. The summed E-state index contributed by atoms with van der Waals surface area (Å²) in [6.07, 6.45) is 0. The van der Waals surface area contributed by atoms with Gasteiger partial charge in [0, 0.05) is 5.57 Å². The molecule has 3 rings (SSSR count). The van der Waals surface area contributed by atoms with Crippen LogP contribution < -0.4 is 5.32 Å². The van der Waals surface area contributed by atoms with Crippen molar-refractivity contribution in [3.05, 3.63) is 41.7 Å². The molecule has 0 atom stereocenters. The lowest BCUT2D eigenvalue weighted by Crippen LogP contribution is -2.33. The van der Waals surface area contributed by atoms with Gasteiger partial charge in [0.05, 0.1) is 5.70 Å². The van der Waals surface area contributed by atoms with Crippen molar-refractivity contribution in [1.82, 2.24) is 14.8 Å². The van der Waals surface area contributed by atoms with Crippen molar-refractivity contribution < 1.29 is 0 Å². The predicted molar refractivity (Wildman–Crippen MR) is 78.0 cm³/mol. The lowest BCUT2D eigenvalue weighted by Gasteiger charge is -2.31. The molecule has 0 unspecified atom stereocenters. The maximum atomic E-state index is 6.42. The van der Waals surface area contributed by atoms with E-state index in [9.17, 15) is 0 Å². The van der Waals surface area contributed by atoms with Gasteiger partial charge in [-0.25, -0.2) is 4.68 Å². The summed E-state index contributed by atoms with van der Waals surface area (Å²) in [5.74, 6) is 1.22. The summed E-state index contributed by atoms with van der Waals surface area (Å²) in [7, 11) is 0. The van der Waals surface area contributed by atoms with Crippen molar-refractivity contribution in [2.24, 2.45) is 0 Å². The highest BCUT2D eigenvalue weighted by Gasteiger charge is 2.38. The van der Waals surface area contributed by atoms with Crippen LogP contribution in [0.2, 0.25) is 0 Å². The van der Waals surface area contributed by atoms with Gasteiger partial charge in [-0.3, -0.25) is 0 Å². The van der Waals surface area contributed by atoms with E-state index in [1.54, 1.807) is 4.68 Å². The van der Waals surface area contributed by atoms with E-state index in [1.165, 1.54) is 0 Å². The average Bonchev–Trinajstić information content (AvgIpc) is 2.70. The van der Waals surface area contributed by atoms with E-state index in [0.717, 1.165) is 16.8 Å². The molecule has 2 heterocycles. The van der Waals surface area contributed by atoms with Gasteiger partial charge in [-0.2, -0.15) is 10.1 Å². The van der Waals surface area contributed by atoms with E-state index >= 15 is 0 Å². The van der Waals surface area contributed by atoms with Gasteiger partial charge in [0.25, 0.3) is 0 Å². The van der Waals surface area contributed by atoms with Crippen molar-refractivity contribution in [2.75, 3.05) is 5.32 Å². The topological polar surface area (TPSA) is 42.7 Å². The summed E-state index contributed by atoms with van der Waals surface area (Å²) >= 11 is 12.8. The highest BCUT2D eigenvalue weighted by Crippen LogP contribution is 2.44. The largest absolute Gasteiger partial charge is 0.319 e. The second-order valence-corrected chi connectivity index (χ2v) is 5.75. The zero-order chi connectivity index (χ0) is 13.6. The van der Waals surface area contributed by atoms with Gasteiger partial charge in [-0.1, -0.05) is 53.5 Å². The van der Waals surface area contributed by atoms with E-state index in [4.69, 9.17) is 23.2 Å². The van der Waals surface area contributed by atoms with Crippen LogP contribution >= 0.6 is 23.2 Å². The van der Waals surface area contributed by atoms with Crippen molar-refractivity contribution in [2.45, 2.75) is 18.3 Å². The van der Waals surface area contributed by atoms with Crippen LogP contribution in [0.5, 0.6) is 0 Å². The molecule has 1 N–H and O–H groups in total. The minimum atomic E-state index is -1.22. The number of fused-ring (bicyclic) bond motifs is 1. The fraction of sp³-hybridized carbons (Fsp3) is 0.231. The minimum Gasteiger partial charge on any atom is -0.319 e. The molecule has 0 amide bonds. The summed E-state index contributed by atoms with van der Waals surface area (Å²) in [5, 5.41) is 7.34. The molecule has 1 aromatic heterocycles. The maximum absolute atomic E-state index is 6.42. The molecule has 0 aliphatic carbocycles. The number of benzene rings is 1. The third-order valence-corrected chi connectivity index (χ3v) is 3.60. The molecule has 1 aliphatic heterocycles. The third-order valence-electron chi connectivity index (χ3n) is 3.04. The van der Waals surface area contributed by atoms with Gasteiger partial charge in [-0.05, 0) is 19.4 Å². The van der Waals surface area contributed by atoms with Crippen LogP contribution in [0.15, 0.2) is 30.3 Å². The second-order valence-electron chi connectivity index (χ2n) is 4.42. The summed E-state index contributed by atoms with van der Waals surface area (Å²) < 4.78 is 0.502. The molecule has 0 radical (unpaired) electrons. The van der Waals surface area contributed by atoms with Crippen molar-refractivity contribution in [3.8, 4) is 0 Å². The first-order valence-corrected chi connectivity index (χ1v) is 6.61. The smallest absolute Gasteiger partial charge is 0.228 e. The van der Waals surface area contributed by atoms with E-state index in [-0.39, 0.29) is 0 Å². The predicted octanol–water partition coefficient (Wildman–Crippen LogP) is 3.53. The number of aromatic nitrogens is 3. The normalized spacial score (nSPS) is 17.1. The van der Waals surface area contributed by atoms with Crippen LogP contribution in [0.3, 0.4) is 0 Å². The molecule has 6 heteroatoms. The lowest BCUT2D eigenvalue weighted by molar-refractivity contribution is 0.849. The quantitative estimate of drug-likeness (QED) is 0.646. The Morgan fingerprint density at radius 1 is 1.16 bits per heavy atom. The highest BCUT2D eigenvalue weighted by molar-refractivity contribution is 6.56. The molecule has 19 heavy (non-hydrogen) atoms. The number of anilines is 1. The summed E-state index contributed by atoms with van der Waals surface area (Å²) in [6.45, 7) is 3.76. The summed E-state index contributed by atoms with van der Waals surface area (Å²) in [6, 6.07) is 9.78. The number of nitrogens with one attached hydrogen (secondary N) is 1. The Bertz CT molecular complexity index is 659. The van der Waals surface area contributed by atoms with Gasteiger partial charge >= 0.3 is 0 Å². The highest BCUT2D eigenvalue weighted by atomic mass is 35.5. The van der Waals surface area contributed by atoms with E-state index in [2.05, 4.69) is 15.4 Å². The molecule has 4 nitrogen and oxygen atoms in total. The maximum Gasteiger partial charge on any atom is 0.228 e. The summed E-state index contributed by atoms with van der Waals surface area (Å²) in [4.78, 5) is 4.26. The first-order chi connectivity index (χ1) is 8.99. The molecule has 1 aromatic carbocycles. The molecule has 2 aromatic rings. The zero-order valence-corrected chi connectivity index (χ0v) is 12.0. The minimum absolute atomic E-state index is 0.555. The second kappa shape index (κ2) is 4.25. The molecular formula is C13H12Cl2N4. The standard InChI is InChI=1S/C13H12Cl2N4/c1-8-11(10-6-4-3-5-7-10)13(14,15)17-12-16-9(2)18-19(8)12/h3-7H,1-2H3,(H,16,17,18). The van der Waals surface area contributed by atoms with Crippen LogP contribution in [0.25, 0.3) is 11.3 Å². The molecule has 0 saturated carbocycles. The van der Waals surface area contributed by atoms with Crippen molar-refractivity contribution in [1.29, 1.82) is 0 Å². The number of nitrogens with zero attached hydrogens (tertiary/aromatic N) is 3. The van der Waals surface area contributed by atoms with Crippen LogP contribution in [0, 0.1) is 6.92 Å². The summed E-state index contributed by atoms with van der Waals surface area (Å²) in [5.41, 5.74) is 2.61. The number of aryl methyl sites for hydroxylation is 1. The fourth-order valence-corrected chi connectivity index (χ4v) is 2.92. The Balaban J connectivity index is 2.25. The first-order valence-electron chi connectivity index (χ1n) is 5.86. The Labute approximate surface area is 121 Å². The Morgan fingerprint density at radius 2 is 1.84 bits per heavy atom. The number of halogens is 2. The molecule has 1 aliphatic rings. The number of hydrogen-bond acceptors (Lipinski definition) is 3. The van der Waals surface area contributed by atoms with E-state index in [1.807, 2.05) is 44.2 Å². The third kappa shape index (κ3) is 2.01.